The number of nitrogens with one attached hydrogen (secondary N) is 2. The van der Waals surface area contributed by atoms with E-state index in [0.29, 0.717) is 17.8 Å². The maximum Gasteiger partial charge on any atom is 0.257 e. The van der Waals surface area contributed by atoms with E-state index in [2.05, 4.69) is 19.8 Å². The van der Waals surface area contributed by atoms with E-state index in [1.807, 2.05) is 42.5 Å². The molecule has 0 saturated carbocycles. The van der Waals surface area contributed by atoms with Gasteiger partial charge < -0.3 is 10.1 Å². The highest BCUT2D eigenvalue weighted by Gasteiger charge is 2.19. The Bertz CT molecular complexity index is 1730. The van der Waals surface area contributed by atoms with Crippen molar-refractivity contribution in [2.45, 2.75) is 11.4 Å². The topological polar surface area (TPSA) is 111 Å². The van der Waals surface area contributed by atoms with Crippen LogP contribution in [0.25, 0.3) is 27.2 Å². The van der Waals surface area contributed by atoms with Crippen LogP contribution >= 0.6 is 11.3 Å². The van der Waals surface area contributed by atoms with Gasteiger partial charge in [0.2, 0.25) is 0 Å². The molecule has 1 aliphatic heterocycles. The zero-order valence-corrected chi connectivity index (χ0v) is 19.8. The molecule has 174 valence electrons. The molecule has 0 bridgehead atoms. The summed E-state index contributed by atoms with van der Waals surface area (Å²) >= 11 is 1.49. The second kappa shape index (κ2) is 8.35. The van der Waals surface area contributed by atoms with Crippen molar-refractivity contribution in [3.63, 3.8) is 0 Å². The summed E-state index contributed by atoms with van der Waals surface area (Å²) in [4.78, 5) is 14.5. The van der Waals surface area contributed by atoms with Crippen LogP contribution in [0.4, 0.5) is 5.69 Å². The molecule has 1 aliphatic rings. The van der Waals surface area contributed by atoms with Crippen molar-refractivity contribution >= 4 is 60.5 Å². The molecule has 0 saturated heterocycles. The normalized spacial score (nSPS) is 13.8. The van der Waals surface area contributed by atoms with Crippen LogP contribution < -0.4 is 4.83 Å². The predicted molar refractivity (Wildman–Crippen MR) is 138 cm³/mol. The van der Waals surface area contributed by atoms with Crippen LogP contribution in [0.5, 0.6) is 5.88 Å². The highest BCUT2D eigenvalue weighted by Crippen LogP contribution is 2.34. The molecule has 10 heteroatoms. The lowest BCUT2D eigenvalue weighted by molar-refractivity contribution is 0.327. The van der Waals surface area contributed by atoms with Crippen molar-refractivity contribution in [1.82, 2.24) is 19.8 Å². The van der Waals surface area contributed by atoms with Gasteiger partial charge in [-0.25, -0.2) is 13.4 Å². The van der Waals surface area contributed by atoms with Gasteiger partial charge in [0.05, 0.1) is 43.9 Å². The van der Waals surface area contributed by atoms with E-state index in [-0.39, 0.29) is 10.8 Å². The minimum atomic E-state index is -3.77. The van der Waals surface area contributed by atoms with Gasteiger partial charge in [0.1, 0.15) is 0 Å². The van der Waals surface area contributed by atoms with Gasteiger partial charge in [0, 0.05) is 17.8 Å². The monoisotopic (exact) mass is 501 g/mol. The van der Waals surface area contributed by atoms with Gasteiger partial charge in [-0.2, -0.15) is 0 Å². The van der Waals surface area contributed by atoms with E-state index in [1.54, 1.807) is 35.1 Å². The number of fused-ring (bicyclic) bond motifs is 4. The summed E-state index contributed by atoms with van der Waals surface area (Å²) in [5.41, 5.74) is 6.64. The van der Waals surface area contributed by atoms with Crippen LogP contribution in [0.3, 0.4) is 0 Å². The molecule has 3 N–H and O–H groups in total. The maximum atomic E-state index is 12.9. The van der Waals surface area contributed by atoms with Crippen LogP contribution in [0.15, 0.2) is 82.3 Å². The Kier molecular flexibility index (Phi) is 5.14. The number of aromatic nitrogens is 2. The Morgan fingerprint density at radius 3 is 2.80 bits per heavy atom. The van der Waals surface area contributed by atoms with Gasteiger partial charge >= 0.3 is 0 Å². The summed E-state index contributed by atoms with van der Waals surface area (Å²) in [5, 5.41) is 12.8. The van der Waals surface area contributed by atoms with Gasteiger partial charge in [0.15, 0.2) is 5.88 Å². The molecule has 6 rings (SSSR count). The average Bonchev–Trinajstić information content (AvgIpc) is 3.46. The molecule has 35 heavy (non-hydrogen) atoms. The highest BCUT2D eigenvalue weighted by molar-refractivity contribution is 7.89. The zero-order chi connectivity index (χ0) is 24.0. The molecular formula is C25H19N5O3S2. The first-order chi connectivity index (χ1) is 17.0. The molecule has 8 nitrogen and oxygen atoms in total. The number of hydrogen-bond acceptors (Lipinski definition) is 7. The number of aromatic hydroxyl groups is 1. The Morgan fingerprint density at radius 2 is 1.94 bits per heavy atom. The van der Waals surface area contributed by atoms with Crippen molar-refractivity contribution in [1.29, 1.82) is 0 Å². The van der Waals surface area contributed by atoms with E-state index in [1.165, 1.54) is 23.5 Å². The summed E-state index contributed by atoms with van der Waals surface area (Å²) in [6.07, 6.45) is 5.16. The van der Waals surface area contributed by atoms with E-state index in [0.717, 1.165) is 32.2 Å². The number of benzene rings is 3. The largest absolute Gasteiger partial charge is 0.494 e. The highest BCUT2D eigenvalue weighted by atomic mass is 32.2. The second-order valence-electron chi connectivity index (χ2n) is 8.07. The molecule has 0 spiro atoms. The van der Waals surface area contributed by atoms with Crippen molar-refractivity contribution in [2.75, 3.05) is 0 Å². The van der Waals surface area contributed by atoms with Crippen molar-refractivity contribution in [3.05, 3.63) is 89.1 Å². The molecule has 0 radical (unpaired) electrons. The van der Waals surface area contributed by atoms with E-state index >= 15 is 0 Å². The summed E-state index contributed by atoms with van der Waals surface area (Å²) in [6, 6.07) is 17.9. The number of nitrogens with zero attached hydrogens (tertiary/aromatic N) is 3. The van der Waals surface area contributed by atoms with Gasteiger partial charge in [-0.05, 0) is 53.6 Å². The standard InChI is InChI=1S/C25H19N5O3S2/c31-25-20(23-21(28-25)9-10-22-24(23)34-15-27-22)13-26-18-5-7-19(8-6-18)35(32,33)29-30-12-11-16-3-1-2-4-17(16)14-30/h1-13,15,28-29,31H,14H2. The molecule has 3 heterocycles. The van der Waals surface area contributed by atoms with Crippen molar-refractivity contribution in [2.24, 2.45) is 4.99 Å². The molecule has 3 aromatic carbocycles. The van der Waals surface area contributed by atoms with Gasteiger partial charge in [0.25, 0.3) is 10.0 Å². The van der Waals surface area contributed by atoms with E-state index in [4.69, 9.17) is 0 Å². The third kappa shape index (κ3) is 3.97. The third-order valence-corrected chi connectivity index (χ3v) is 8.06. The number of sulfonamides is 1. The van der Waals surface area contributed by atoms with Crippen LogP contribution in [0.2, 0.25) is 0 Å². The number of aliphatic imine (C=N–C) groups is 1. The lowest BCUT2D eigenvalue weighted by Crippen LogP contribution is -2.38. The number of aromatic amines is 1. The first-order valence-electron chi connectivity index (χ1n) is 10.7. The molecule has 0 atom stereocenters. The minimum Gasteiger partial charge on any atom is -0.494 e. The Labute approximate surface area is 204 Å². The second-order valence-corrected chi connectivity index (χ2v) is 10.6. The lowest BCUT2D eigenvalue weighted by Gasteiger charge is -2.25. The third-order valence-electron chi connectivity index (χ3n) is 5.83. The molecule has 5 aromatic rings. The molecule has 0 aliphatic carbocycles. The molecular weight excluding hydrogens is 482 g/mol. The van der Waals surface area contributed by atoms with E-state index in [9.17, 15) is 13.5 Å². The number of hydrogen-bond donors (Lipinski definition) is 3. The molecule has 0 fully saturated rings. The number of thiazole rings is 1. The zero-order valence-electron chi connectivity index (χ0n) is 18.2. The minimum absolute atomic E-state index is 0.0178. The Hall–Kier alpha value is -3.99. The van der Waals surface area contributed by atoms with Crippen molar-refractivity contribution in [3.8, 4) is 5.88 Å². The number of rotatable bonds is 5. The fraction of sp³-hybridized carbons (Fsp3) is 0.0400. The summed E-state index contributed by atoms with van der Waals surface area (Å²) < 4.78 is 26.7. The fourth-order valence-corrected chi connectivity index (χ4v) is 5.99. The smallest absolute Gasteiger partial charge is 0.257 e. The quantitative estimate of drug-likeness (QED) is 0.296. The van der Waals surface area contributed by atoms with Gasteiger partial charge in [-0.3, -0.25) is 10.0 Å². The van der Waals surface area contributed by atoms with Crippen LogP contribution in [-0.4, -0.2) is 34.7 Å². The van der Waals surface area contributed by atoms with Crippen LogP contribution in [0, 0.1) is 0 Å². The number of H-pyrrole nitrogens is 1. The lowest BCUT2D eigenvalue weighted by atomic mass is 10.1. The number of hydrazine groups is 1. The summed E-state index contributed by atoms with van der Waals surface area (Å²) in [7, 11) is -3.77. The summed E-state index contributed by atoms with van der Waals surface area (Å²) in [5.74, 6) is 0.0178. The summed E-state index contributed by atoms with van der Waals surface area (Å²) in [6.45, 7) is 0.440. The van der Waals surface area contributed by atoms with Crippen LogP contribution in [0.1, 0.15) is 16.7 Å². The van der Waals surface area contributed by atoms with E-state index < -0.39 is 10.0 Å². The van der Waals surface area contributed by atoms with Gasteiger partial charge in [-0.1, -0.05) is 24.3 Å². The van der Waals surface area contributed by atoms with Crippen LogP contribution in [-0.2, 0) is 16.6 Å². The maximum absolute atomic E-state index is 12.9. The molecule has 0 amide bonds. The molecule has 2 aromatic heterocycles. The predicted octanol–water partition coefficient (Wildman–Crippen LogP) is 4.91. The first kappa shape index (κ1) is 21.5. The van der Waals surface area contributed by atoms with Crippen molar-refractivity contribution < 1.29 is 13.5 Å². The SMILES string of the molecule is O=S(=O)(NN1C=Cc2ccccc2C1)c1ccc(N=Cc2c(O)[nH]c3ccc4ncsc4c23)cc1. The molecule has 0 unspecified atom stereocenters. The Balaban J connectivity index is 1.23. The average molecular weight is 502 g/mol. The first-order valence-corrected chi connectivity index (χ1v) is 13.1. The van der Waals surface area contributed by atoms with Gasteiger partial charge in [-0.15, -0.1) is 16.2 Å². The Morgan fingerprint density at radius 1 is 1.11 bits per heavy atom. The fourth-order valence-electron chi connectivity index (χ4n) is 4.11.